The molecule has 0 unspecified atom stereocenters. The molecule has 1 fully saturated rings. The Balaban J connectivity index is 1.48. The average molecular weight is 446 g/mol. The third kappa shape index (κ3) is 4.45. The lowest BCUT2D eigenvalue weighted by Gasteiger charge is -2.36. The van der Waals surface area contributed by atoms with Gasteiger partial charge < -0.3 is 9.80 Å². The minimum atomic E-state index is -0.226. The van der Waals surface area contributed by atoms with Gasteiger partial charge in [0.15, 0.2) is 5.82 Å². The van der Waals surface area contributed by atoms with Crippen molar-refractivity contribution in [1.82, 2.24) is 19.9 Å². The van der Waals surface area contributed by atoms with Crippen LogP contribution >= 0.6 is 0 Å². The molecule has 4 heterocycles. The second-order valence-corrected chi connectivity index (χ2v) is 8.88. The first-order valence-corrected chi connectivity index (χ1v) is 11.7. The summed E-state index contributed by atoms with van der Waals surface area (Å²) < 4.78 is 13.8. The highest BCUT2D eigenvalue weighted by atomic mass is 19.1. The number of carbonyl (C=O) groups is 1. The minimum absolute atomic E-state index is 0.0246. The van der Waals surface area contributed by atoms with Gasteiger partial charge in [0, 0.05) is 43.3 Å². The third-order valence-electron chi connectivity index (χ3n) is 6.60. The normalized spacial score (nSPS) is 18.2. The van der Waals surface area contributed by atoms with Gasteiger partial charge in [-0.1, -0.05) is 12.1 Å². The van der Waals surface area contributed by atoms with Gasteiger partial charge in [-0.2, -0.15) is 0 Å². The van der Waals surface area contributed by atoms with Crippen molar-refractivity contribution in [3.05, 3.63) is 82.8 Å². The zero-order valence-electron chi connectivity index (χ0n) is 18.9. The molecule has 0 spiro atoms. The maximum atomic E-state index is 13.8. The first-order chi connectivity index (χ1) is 16.1. The van der Waals surface area contributed by atoms with E-state index in [0.717, 1.165) is 61.3 Å². The summed E-state index contributed by atoms with van der Waals surface area (Å²) in [5.74, 6) is 1.38. The van der Waals surface area contributed by atoms with Crippen LogP contribution in [0.25, 0.3) is 0 Å². The van der Waals surface area contributed by atoms with Crippen molar-refractivity contribution < 1.29 is 9.18 Å². The lowest BCUT2D eigenvalue weighted by molar-refractivity contribution is 0.0599. The fraction of sp³-hybridized carbons (Fsp3) is 0.385. The van der Waals surface area contributed by atoms with E-state index in [4.69, 9.17) is 9.97 Å². The molecule has 6 nitrogen and oxygen atoms in total. The Labute approximate surface area is 193 Å². The van der Waals surface area contributed by atoms with Crippen LogP contribution in [0.1, 0.15) is 64.7 Å². The number of nitrogens with zero attached hydrogens (tertiary/aromatic N) is 5. The predicted molar refractivity (Wildman–Crippen MR) is 124 cm³/mol. The molecule has 1 saturated heterocycles. The van der Waals surface area contributed by atoms with Crippen molar-refractivity contribution in [2.75, 3.05) is 18.0 Å². The number of hydrogen-bond donors (Lipinski definition) is 0. The van der Waals surface area contributed by atoms with Gasteiger partial charge >= 0.3 is 0 Å². The molecule has 7 heteroatoms. The van der Waals surface area contributed by atoms with E-state index in [0.29, 0.717) is 24.5 Å². The second-order valence-electron chi connectivity index (χ2n) is 8.88. The number of likely N-dealkylation sites (tertiary alicyclic amines) is 1. The van der Waals surface area contributed by atoms with E-state index < -0.39 is 0 Å². The van der Waals surface area contributed by atoms with Crippen LogP contribution in [-0.4, -0.2) is 38.8 Å². The van der Waals surface area contributed by atoms with E-state index in [9.17, 15) is 9.18 Å². The first kappa shape index (κ1) is 21.5. The maximum absolute atomic E-state index is 13.8. The van der Waals surface area contributed by atoms with Gasteiger partial charge in [-0.25, -0.2) is 14.4 Å². The number of fused-ring (bicyclic) bond motifs is 1. The fourth-order valence-corrected chi connectivity index (χ4v) is 4.97. The Bertz CT molecular complexity index is 1150. The largest absolute Gasteiger partial charge is 0.352 e. The molecule has 5 rings (SSSR count). The molecule has 2 aliphatic rings. The SMILES string of the molecule is Cc1nc([C@@H]2CCCCN2C(=O)c2cccnc2)nc2c1CCCN2Cc1cccc(F)c1. The number of piperidine rings is 1. The highest BCUT2D eigenvalue weighted by Crippen LogP contribution is 2.34. The topological polar surface area (TPSA) is 62.2 Å². The van der Waals surface area contributed by atoms with Crippen LogP contribution in [0.3, 0.4) is 0 Å². The lowest BCUT2D eigenvalue weighted by atomic mass is 9.98. The Morgan fingerprint density at radius 3 is 2.85 bits per heavy atom. The molecule has 0 aliphatic carbocycles. The zero-order chi connectivity index (χ0) is 22.8. The summed E-state index contributed by atoms with van der Waals surface area (Å²) >= 11 is 0. The molecule has 2 aromatic heterocycles. The summed E-state index contributed by atoms with van der Waals surface area (Å²) in [6, 6.07) is 10.2. The highest BCUT2D eigenvalue weighted by Gasteiger charge is 2.33. The predicted octanol–water partition coefficient (Wildman–Crippen LogP) is 4.64. The van der Waals surface area contributed by atoms with E-state index in [1.54, 1.807) is 36.7 Å². The monoisotopic (exact) mass is 445 g/mol. The van der Waals surface area contributed by atoms with Crippen molar-refractivity contribution >= 4 is 11.7 Å². The van der Waals surface area contributed by atoms with Crippen LogP contribution in [-0.2, 0) is 13.0 Å². The Hall–Kier alpha value is -3.35. The Kier molecular flexibility index (Phi) is 6.03. The van der Waals surface area contributed by atoms with E-state index in [1.807, 2.05) is 17.9 Å². The first-order valence-electron chi connectivity index (χ1n) is 11.7. The molecule has 1 atom stereocenters. The van der Waals surface area contributed by atoms with E-state index in [2.05, 4.69) is 9.88 Å². The van der Waals surface area contributed by atoms with Crippen LogP contribution in [0, 0.1) is 12.7 Å². The quantitative estimate of drug-likeness (QED) is 0.586. The molecule has 3 aromatic rings. The maximum Gasteiger partial charge on any atom is 0.256 e. The molecule has 0 radical (unpaired) electrons. The van der Waals surface area contributed by atoms with Gasteiger partial charge in [-0.15, -0.1) is 0 Å². The van der Waals surface area contributed by atoms with Gasteiger partial charge in [0.05, 0.1) is 11.6 Å². The van der Waals surface area contributed by atoms with Crippen molar-refractivity contribution in [2.45, 2.75) is 51.6 Å². The molecule has 0 N–H and O–H groups in total. The van der Waals surface area contributed by atoms with Crippen LogP contribution in [0.5, 0.6) is 0 Å². The van der Waals surface area contributed by atoms with Crippen molar-refractivity contribution in [1.29, 1.82) is 0 Å². The summed E-state index contributed by atoms with van der Waals surface area (Å²) in [6.45, 7) is 4.18. The number of anilines is 1. The summed E-state index contributed by atoms with van der Waals surface area (Å²) in [4.78, 5) is 31.4. The second kappa shape index (κ2) is 9.25. The van der Waals surface area contributed by atoms with Gasteiger partial charge in [0.1, 0.15) is 11.6 Å². The number of aryl methyl sites for hydroxylation is 1. The number of carbonyl (C=O) groups excluding carboxylic acids is 1. The zero-order valence-corrected chi connectivity index (χ0v) is 18.9. The number of amides is 1. The molecule has 0 saturated carbocycles. The summed E-state index contributed by atoms with van der Waals surface area (Å²) in [5.41, 5.74) is 3.64. The van der Waals surface area contributed by atoms with Gasteiger partial charge in [-0.3, -0.25) is 9.78 Å². The Morgan fingerprint density at radius 2 is 2.03 bits per heavy atom. The molecule has 1 aromatic carbocycles. The molecule has 1 amide bonds. The lowest BCUT2D eigenvalue weighted by Crippen LogP contribution is -2.40. The number of hydrogen-bond acceptors (Lipinski definition) is 5. The van der Waals surface area contributed by atoms with E-state index in [-0.39, 0.29) is 17.8 Å². The van der Waals surface area contributed by atoms with E-state index >= 15 is 0 Å². The van der Waals surface area contributed by atoms with Gasteiger partial charge in [0.2, 0.25) is 0 Å². The molecular formula is C26H28FN5O. The number of benzene rings is 1. The van der Waals surface area contributed by atoms with E-state index in [1.165, 1.54) is 6.07 Å². The van der Waals surface area contributed by atoms with Crippen LogP contribution in [0.4, 0.5) is 10.2 Å². The van der Waals surface area contributed by atoms with Crippen LogP contribution in [0.15, 0.2) is 48.8 Å². The molecule has 0 bridgehead atoms. The van der Waals surface area contributed by atoms with Gasteiger partial charge in [-0.05, 0) is 68.9 Å². The van der Waals surface area contributed by atoms with Crippen LogP contribution in [0.2, 0.25) is 0 Å². The summed E-state index contributed by atoms with van der Waals surface area (Å²) in [7, 11) is 0. The molecular weight excluding hydrogens is 417 g/mol. The van der Waals surface area contributed by atoms with Crippen molar-refractivity contribution in [3.63, 3.8) is 0 Å². The van der Waals surface area contributed by atoms with Crippen LogP contribution < -0.4 is 4.90 Å². The summed E-state index contributed by atoms with van der Waals surface area (Å²) in [6.07, 6.45) is 8.09. The minimum Gasteiger partial charge on any atom is -0.352 e. The highest BCUT2D eigenvalue weighted by molar-refractivity contribution is 5.94. The molecule has 33 heavy (non-hydrogen) atoms. The fourth-order valence-electron chi connectivity index (χ4n) is 4.97. The van der Waals surface area contributed by atoms with Crippen molar-refractivity contribution in [2.24, 2.45) is 0 Å². The smallest absolute Gasteiger partial charge is 0.256 e. The number of aromatic nitrogens is 3. The number of rotatable bonds is 4. The van der Waals surface area contributed by atoms with Gasteiger partial charge in [0.25, 0.3) is 5.91 Å². The average Bonchev–Trinajstić information content (AvgIpc) is 2.84. The molecule has 2 aliphatic heterocycles. The Morgan fingerprint density at radius 1 is 1.12 bits per heavy atom. The van der Waals surface area contributed by atoms with Crippen molar-refractivity contribution in [3.8, 4) is 0 Å². The summed E-state index contributed by atoms with van der Waals surface area (Å²) in [5, 5.41) is 0. The third-order valence-corrected chi connectivity index (χ3v) is 6.60. The standard InChI is InChI=1S/C26H28FN5O/c1-18-22-10-6-13-31(17-19-7-4-9-21(27)15-19)25(22)30-24(29-18)23-11-2-3-14-32(23)26(33)20-8-5-12-28-16-20/h4-5,7-9,12,15-16,23H,2-3,6,10-11,13-14,17H2,1H3/t23-/m0/s1. The number of pyridine rings is 1. The number of halogens is 1. The molecule has 170 valence electrons.